The maximum atomic E-state index is 13.0. The number of amides is 2. The van der Waals surface area contributed by atoms with Crippen LogP contribution in [0.3, 0.4) is 0 Å². The number of hydrogen-bond acceptors (Lipinski definition) is 8. The van der Waals surface area contributed by atoms with E-state index in [0.29, 0.717) is 39.9 Å². The molecule has 2 rings (SSSR count). The Morgan fingerprint density at radius 3 is 1.81 bits per heavy atom. The number of carbonyl (C=O) groups is 2. The quantitative estimate of drug-likeness (QED) is 0.362. The highest BCUT2D eigenvalue weighted by molar-refractivity contribution is 6.24. The number of hydrogen-bond donors (Lipinski definition) is 2. The minimum Gasteiger partial charge on any atom is -0.496 e. The highest BCUT2D eigenvalue weighted by atomic mass is 16.5. The summed E-state index contributed by atoms with van der Waals surface area (Å²) in [5, 5.41) is 0. The molecule has 0 spiro atoms. The number of benzene rings is 2. The van der Waals surface area contributed by atoms with Crippen LogP contribution in [0.25, 0.3) is 11.6 Å². The molecule has 10 heteroatoms. The van der Waals surface area contributed by atoms with E-state index in [-0.39, 0.29) is 5.57 Å². The molecule has 2 N–H and O–H groups in total. The van der Waals surface area contributed by atoms with E-state index >= 15 is 0 Å². The lowest BCUT2D eigenvalue weighted by Gasteiger charge is -2.15. The Hall–Kier alpha value is -4.08. The van der Waals surface area contributed by atoms with Crippen molar-refractivity contribution in [2.24, 2.45) is 0 Å². The fraction of sp³-hybridized carbons (Fsp3) is 0.273. The standard InChI is InChI=1S/C22H26N2O8/c1-27-16-8-7-13(10-18(16)29-3)15(21(25)23-24-22(26)32-6)9-14-11-19(30-4)20(31-5)12-17(14)28-2/h7-12H,1-6H3,(H,23,25)(H,24,26)/b15-9+. The molecule has 0 radical (unpaired) electrons. The average Bonchev–Trinajstić information content (AvgIpc) is 2.84. The summed E-state index contributed by atoms with van der Waals surface area (Å²) in [6.45, 7) is 0. The Bertz CT molecular complexity index is 1000. The van der Waals surface area contributed by atoms with Crippen LogP contribution in [0.15, 0.2) is 30.3 Å². The van der Waals surface area contributed by atoms with Crippen molar-refractivity contribution >= 4 is 23.6 Å². The third-order valence-electron chi connectivity index (χ3n) is 4.44. The summed E-state index contributed by atoms with van der Waals surface area (Å²) < 4.78 is 31.2. The number of carbonyl (C=O) groups excluding carboxylic acids is 2. The van der Waals surface area contributed by atoms with Crippen LogP contribution in [0.2, 0.25) is 0 Å². The first kappa shape index (κ1) is 24.2. The predicted octanol–water partition coefficient (Wildman–Crippen LogP) is 2.66. The van der Waals surface area contributed by atoms with Crippen LogP contribution in [-0.2, 0) is 9.53 Å². The minimum atomic E-state index is -0.825. The Balaban J connectivity index is 2.64. The molecular formula is C22H26N2O8. The van der Waals surface area contributed by atoms with Gasteiger partial charge < -0.3 is 28.4 Å². The van der Waals surface area contributed by atoms with Gasteiger partial charge in [0.15, 0.2) is 23.0 Å². The maximum Gasteiger partial charge on any atom is 0.425 e. The first-order valence-electron chi connectivity index (χ1n) is 9.30. The second-order valence-electron chi connectivity index (χ2n) is 6.15. The molecule has 0 saturated heterocycles. The molecular weight excluding hydrogens is 420 g/mol. The SMILES string of the molecule is COC(=O)NNC(=O)/C(=C/c1cc(OC)c(OC)cc1OC)c1ccc(OC)c(OC)c1. The third kappa shape index (κ3) is 5.54. The molecule has 10 nitrogen and oxygen atoms in total. The van der Waals surface area contributed by atoms with Crippen molar-refractivity contribution in [3.63, 3.8) is 0 Å². The van der Waals surface area contributed by atoms with Crippen LogP contribution in [0, 0.1) is 0 Å². The van der Waals surface area contributed by atoms with E-state index in [9.17, 15) is 9.59 Å². The van der Waals surface area contributed by atoms with Crippen LogP contribution in [-0.4, -0.2) is 54.7 Å². The number of nitrogens with one attached hydrogen (secondary N) is 2. The molecule has 0 fully saturated rings. The second kappa shape index (κ2) is 11.3. The minimum absolute atomic E-state index is 0.188. The van der Waals surface area contributed by atoms with Gasteiger partial charge in [0.1, 0.15) is 5.75 Å². The molecule has 2 amide bonds. The number of ether oxygens (including phenoxy) is 6. The number of methoxy groups -OCH3 is 6. The van der Waals surface area contributed by atoms with Gasteiger partial charge in [0.05, 0.1) is 42.7 Å². The van der Waals surface area contributed by atoms with E-state index in [4.69, 9.17) is 23.7 Å². The van der Waals surface area contributed by atoms with Crippen molar-refractivity contribution < 1.29 is 38.0 Å². The van der Waals surface area contributed by atoms with Gasteiger partial charge >= 0.3 is 6.09 Å². The topological polar surface area (TPSA) is 114 Å². The molecule has 0 bridgehead atoms. The van der Waals surface area contributed by atoms with E-state index in [1.807, 2.05) is 0 Å². The van der Waals surface area contributed by atoms with E-state index in [1.165, 1.54) is 42.7 Å². The molecule has 2 aromatic rings. The van der Waals surface area contributed by atoms with Crippen molar-refractivity contribution in [2.45, 2.75) is 0 Å². The molecule has 0 aliphatic carbocycles. The first-order chi connectivity index (χ1) is 15.4. The lowest BCUT2D eigenvalue weighted by Crippen LogP contribution is -2.41. The van der Waals surface area contributed by atoms with Gasteiger partial charge in [0.25, 0.3) is 5.91 Å². The van der Waals surface area contributed by atoms with E-state index in [1.54, 1.807) is 36.4 Å². The monoisotopic (exact) mass is 446 g/mol. The Kier molecular flexibility index (Phi) is 8.58. The summed E-state index contributed by atoms with van der Waals surface area (Å²) in [5.74, 6) is 1.65. The molecule has 172 valence electrons. The van der Waals surface area contributed by atoms with Crippen molar-refractivity contribution in [3.05, 3.63) is 41.5 Å². The van der Waals surface area contributed by atoms with Crippen molar-refractivity contribution in [1.82, 2.24) is 10.9 Å². The van der Waals surface area contributed by atoms with Gasteiger partial charge in [0, 0.05) is 17.2 Å². The molecule has 0 unspecified atom stereocenters. The van der Waals surface area contributed by atoms with E-state index in [2.05, 4.69) is 15.6 Å². The van der Waals surface area contributed by atoms with Gasteiger partial charge in [-0.05, 0) is 29.8 Å². The third-order valence-corrected chi connectivity index (χ3v) is 4.44. The van der Waals surface area contributed by atoms with Crippen LogP contribution in [0.1, 0.15) is 11.1 Å². The highest BCUT2D eigenvalue weighted by Gasteiger charge is 2.18. The zero-order valence-corrected chi connectivity index (χ0v) is 18.7. The molecule has 32 heavy (non-hydrogen) atoms. The van der Waals surface area contributed by atoms with Gasteiger partial charge in [-0.15, -0.1) is 0 Å². The molecule has 0 aliphatic rings. The molecule has 0 atom stereocenters. The van der Waals surface area contributed by atoms with Crippen LogP contribution in [0.5, 0.6) is 28.7 Å². The fourth-order valence-corrected chi connectivity index (χ4v) is 2.83. The summed E-state index contributed by atoms with van der Waals surface area (Å²) in [6.07, 6.45) is 0.754. The van der Waals surface area contributed by atoms with Crippen molar-refractivity contribution in [3.8, 4) is 28.7 Å². The summed E-state index contributed by atoms with van der Waals surface area (Å²) in [7, 11) is 8.68. The summed E-state index contributed by atoms with van der Waals surface area (Å²) in [4.78, 5) is 24.4. The zero-order valence-electron chi connectivity index (χ0n) is 18.7. The van der Waals surface area contributed by atoms with E-state index < -0.39 is 12.0 Å². The highest BCUT2D eigenvalue weighted by Crippen LogP contribution is 2.37. The van der Waals surface area contributed by atoms with Gasteiger partial charge in [0.2, 0.25) is 0 Å². The first-order valence-corrected chi connectivity index (χ1v) is 9.30. The Morgan fingerprint density at radius 2 is 1.25 bits per heavy atom. The maximum absolute atomic E-state index is 13.0. The van der Waals surface area contributed by atoms with Gasteiger partial charge in [-0.3, -0.25) is 10.2 Å². The van der Waals surface area contributed by atoms with Crippen molar-refractivity contribution in [1.29, 1.82) is 0 Å². The normalized spacial score (nSPS) is 10.6. The smallest absolute Gasteiger partial charge is 0.425 e. The summed E-state index contributed by atoms with van der Waals surface area (Å²) >= 11 is 0. The van der Waals surface area contributed by atoms with E-state index in [0.717, 1.165) is 0 Å². The average molecular weight is 446 g/mol. The Labute approximate surface area is 186 Å². The van der Waals surface area contributed by atoms with Crippen LogP contribution < -0.4 is 34.5 Å². The summed E-state index contributed by atoms with van der Waals surface area (Å²) in [6, 6.07) is 8.28. The van der Waals surface area contributed by atoms with Crippen molar-refractivity contribution in [2.75, 3.05) is 42.7 Å². The summed E-state index contributed by atoms with van der Waals surface area (Å²) in [5.41, 5.74) is 5.67. The fourth-order valence-electron chi connectivity index (χ4n) is 2.83. The molecule has 0 saturated carbocycles. The van der Waals surface area contributed by atoms with Gasteiger partial charge in [-0.25, -0.2) is 10.2 Å². The number of hydrazine groups is 1. The van der Waals surface area contributed by atoms with Crippen LogP contribution >= 0.6 is 0 Å². The molecule has 0 aromatic heterocycles. The molecule has 0 heterocycles. The zero-order chi connectivity index (χ0) is 23.7. The number of rotatable bonds is 8. The largest absolute Gasteiger partial charge is 0.496 e. The second-order valence-corrected chi connectivity index (χ2v) is 6.15. The van der Waals surface area contributed by atoms with Gasteiger partial charge in [-0.2, -0.15) is 0 Å². The lowest BCUT2D eigenvalue weighted by molar-refractivity contribution is -0.116. The van der Waals surface area contributed by atoms with Crippen LogP contribution in [0.4, 0.5) is 4.79 Å². The molecule has 2 aromatic carbocycles. The predicted molar refractivity (Wildman–Crippen MR) is 117 cm³/mol. The molecule has 0 aliphatic heterocycles. The van der Waals surface area contributed by atoms with Gasteiger partial charge in [-0.1, -0.05) is 6.07 Å². The lowest BCUT2D eigenvalue weighted by atomic mass is 10.0. The Morgan fingerprint density at radius 1 is 0.688 bits per heavy atom.